The van der Waals surface area contributed by atoms with Gasteiger partial charge in [0, 0.05) is 13.6 Å². The summed E-state index contributed by atoms with van der Waals surface area (Å²) in [6, 6.07) is 9.66. The van der Waals surface area contributed by atoms with Crippen molar-refractivity contribution in [2.75, 3.05) is 21.3 Å². The first-order valence-corrected chi connectivity index (χ1v) is 7.40. The predicted octanol–water partition coefficient (Wildman–Crippen LogP) is 3.99. The van der Waals surface area contributed by atoms with Gasteiger partial charge in [0.2, 0.25) is 0 Å². The highest BCUT2D eigenvalue weighted by molar-refractivity contribution is 5.97. The molecule has 0 heterocycles. The highest BCUT2D eigenvalue weighted by Crippen LogP contribution is 2.32. The van der Waals surface area contributed by atoms with E-state index in [0.29, 0.717) is 22.6 Å². The largest absolute Gasteiger partial charge is 0.493 e. The number of ether oxygens (including phenoxy) is 2. The summed E-state index contributed by atoms with van der Waals surface area (Å²) >= 11 is 0. The lowest BCUT2D eigenvalue weighted by atomic mass is 10.1. The summed E-state index contributed by atoms with van der Waals surface area (Å²) < 4.78 is 48.2. The summed E-state index contributed by atoms with van der Waals surface area (Å²) in [6.45, 7) is 0.164. The lowest BCUT2D eigenvalue weighted by molar-refractivity contribution is -0.137. The van der Waals surface area contributed by atoms with E-state index in [2.05, 4.69) is 0 Å². The van der Waals surface area contributed by atoms with E-state index in [1.54, 1.807) is 25.2 Å². The minimum absolute atomic E-state index is 0.164. The minimum atomic E-state index is -4.38. The fraction of sp³-hybridized carbons (Fsp3) is 0.278. The molecule has 0 spiro atoms. The van der Waals surface area contributed by atoms with Crippen LogP contribution in [0, 0.1) is 0 Å². The second-order valence-electron chi connectivity index (χ2n) is 5.40. The molecule has 7 heteroatoms. The van der Waals surface area contributed by atoms with E-state index >= 15 is 0 Å². The Morgan fingerprint density at radius 3 is 2.20 bits per heavy atom. The molecule has 0 aliphatic heterocycles. The van der Waals surface area contributed by atoms with Crippen LogP contribution in [0.3, 0.4) is 0 Å². The molecule has 1 amide bonds. The van der Waals surface area contributed by atoms with Gasteiger partial charge in [-0.3, -0.25) is 4.79 Å². The molecule has 2 aromatic carbocycles. The number of benzene rings is 2. The zero-order valence-corrected chi connectivity index (χ0v) is 14.1. The van der Waals surface area contributed by atoms with Crippen LogP contribution in [0.5, 0.6) is 11.5 Å². The molecule has 4 nitrogen and oxygen atoms in total. The Kier molecular flexibility index (Phi) is 5.56. The van der Waals surface area contributed by atoms with Crippen molar-refractivity contribution in [2.24, 2.45) is 0 Å². The molecule has 0 aromatic heterocycles. The van der Waals surface area contributed by atoms with E-state index in [1.807, 2.05) is 0 Å². The summed E-state index contributed by atoms with van der Waals surface area (Å²) in [6.07, 6.45) is -4.38. The fourth-order valence-electron chi connectivity index (χ4n) is 2.41. The van der Waals surface area contributed by atoms with E-state index in [1.165, 1.54) is 31.3 Å². The first kappa shape index (κ1) is 18.6. The van der Waals surface area contributed by atoms with Crippen LogP contribution in [0.2, 0.25) is 0 Å². The number of carbonyl (C=O) groups excluding carboxylic acids is 1. The molecule has 0 saturated heterocycles. The van der Waals surface area contributed by atoms with Gasteiger partial charge in [0.1, 0.15) is 0 Å². The topological polar surface area (TPSA) is 38.8 Å². The van der Waals surface area contributed by atoms with Crippen LogP contribution in [-0.2, 0) is 12.7 Å². The Bertz CT molecular complexity index is 742. The molecule has 0 aliphatic rings. The average Bonchev–Trinajstić information content (AvgIpc) is 2.59. The average molecular weight is 353 g/mol. The number of halogens is 3. The lowest BCUT2D eigenvalue weighted by Gasteiger charge is -2.20. The zero-order valence-electron chi connectivity index (χ0n) is 14.1. The number of rotatable bonds is 5. The van der Waals surface area contributed by atoms with E-state index in [-0.39, 0.29) is 12.5 Å². The number of para-hydroxylation sites is 1. The Morgan fingerprint density at radius 1 is 1.04 bits per heavy atom. The predicted molar refractivity (Wildman–Crippen MR) is 86.8 cm³/mol. The maximum atomic E-state index is 12.6. The maximum absolute atomic E-state index is 12.6. The number of amides is 1. The molecule has 134 valence electrons. The summed E-state index contributed by atoms with van der Waals surface area (Å²) in [4.78, 5) is 14.0. The molecule has 0 fully saturated rings. The third-order valence-corrected chi connectivity index (χ3v) is 3.68. The summed E-state index contributed by atoms with van der Waals surface area (Å²) in [7, 11) is 4.47. The normalized spacial score (nSPS) is 11.1. The Hall–Kier alpha value is -2.70. The van der Waals surface area contributed by atoms with Crippen molar-refractivity contribution < 1.29 is 27.4 Å². The van der Waals surface area contributed by atoms with Crippen molar-refractivity contribution in [3.8, 4) is 11.5 Å². The van der Waals surface area contributed by atoms with Crippen LogP contribution in [-0.4, -0.2) is 32.1 Å². The number of hydrogen-bond donors (Lipinski definition) is 0. The molecule has 0 bridgehead atoms. The van der Waals surface area contributed by atoms with Crippen molar-refractivity contribution in [1.82, 2.24) is 4.90 Å². The van der Waals surface area contributed by atoms with Gasteiger partial charge in [-0.25, -0.2) is 0 Å². The second kappa shape index (κ2) is 7.46. The number of alkyl halides is 3. The smallest absolute Gasteiger partial charge is 0.416 e. The minimum Gasteiger partial charge on any atom is -0.493 e. The molecule has 0 radical (unpaired) electrons. The van der Waals surface area contributed by atoms with E-state index in [0.717, 1.165) is 12.1 Å². The highest BCUT2D eigenvalue weighted by Gasteiger charge is 2.30. The van der Waals surface area contributed by atoms with Gasteiger partial charge in [-0.05, 0) is 29.8 Å². The quantitative estimate of drug-likeness (QED) is 0.816. The van der Waals surface area contributed by atoms with Gasteiger partial charge < -0.3 is 14.4 Å². The van der Waals surface area contributed by atoms with Crippen molar-refractivity contribution in [1.29, 1.82) is 0 Å². The molecular weight excluding hydrogens is 335 g/mol. The molecule has 2 rings (SSSR count). The standard InChI is InChI=1S/C18H18F3NO3/c1-22(11-12-7-9-13(10-8-12)18(19,20)21)17(23)14-5-4-6-15(24-2)16(14)25-3/h4-10H,11H2,1-3H3. The van der Waals surface area contributed by atoms with E-state index in [4.69, 9.17) is 9.47 Å². The lowest BCUT2D eigenvalue weighted by Crippen LogP contribution is -2.26. The first-order valence-electron chi connectivity index (χ1n) is 7.40. The van der Waals surface area contributed by atoms with E-state index in [9.17, 15) is 18.0 Å². The molecular formula is C18H18F3NO3. The van der Waals surface area contributed by atoms with Crippen LogP contribution in [0.4, 0.5) is 13.2 Å². The van der Waals surface area contributed by atoms with E-state index < -0.39 is 11.7 Å². The zero-order chi connectivity index (χ0) is 18.6. The van der Waals surface area contributed by atoms with Crippen LogP contribution < -0.4 is 9.47 Å². The molecule has 0 N–H and O–H groups in total. The Morgan fingerprint density at radius 2 is 1.68 bits per heavy atom. The molecule has 25 heavy (non-hydrogen) atoms. The van der Waals surface area contributed by atoms with Gasteiger partial charge >= 0.3 is 6.18 Å². The summed E-state index contributed by atoms with van der Waals surface area (Å²) in [5, 5.41) is 0. The second-order valence-corrected chi connectivity index (χ2v) is 5.40. The first-order chi connectivity index (χ1) is 11.8. The molecule has 0 saturated carbocycles. The molecule has 2 aromatic rings. The SMILES string of the molecule is COc1cccc(C(=O)N(C)Cc2ccc(C(F)(F)F)cc2)c1OC. The number of hydrogen-bond acceptors (Lipinski definition) is 3. The van der Waals surface area contributed by atoms with Gasteiger partial charge in [0.05, 0.1) is 25.3 Å². The molecule has 0 unspecified atom stereocenters. The van der Waals surface area contributed by atoms with Crippen LogP contribution >= 0.6 is 0 Å². The Balaban J connectivity index is 2.18. The summed E-state index contributed by atoms with van der Waals surface area (Å²) in [5.74, 6) is 0.418. The molecule has 0 atom stereocenters. The van der Waals surface area contributed by atoms with Gasteiger partial charge in [0.25, 0.3) is 5.91 Å². The highest BCUT2D eigenvalue weighted by atomic mass is 19.4. The van der Waals surface area contributed by atoms with Crippen LogP contribution in [0.1, 0.15) is 21.5 Å². The number of methoxy groups -OCH3 is 2. The monoisotopic (exact) mass is 353 g/mol. The van der Waals surface area contributed by atoms with Crippen LogP contribution in [0.25, 0.3) is 0 Å². The Labute approximate surface area is 143 Å². The maximum Gasteiger partial charge on any atom is 0.416 e. The van der Waals surface area contributed by atoms with Gasteiger partial charge in [0.15, 0.2) is 11.5 Å². The van der Waals surface area contributed by atoms with Crippen molar-refractivity contribution in [2.45, 2.75) is 12.7 Å². The third kappa shape index (κ3) is 4.23. The number of nitrogens with zero attached hydrogens (tertiary/aromatic N) is 1. The van der Waals surface area contributed by atoms with Crippen molar-refractivity contribution >= 4 is 5.91 Å². The van der Waals surface area contributed by atoms with Crippen molar-refractivity contribution in [3.05, 3.63) is 59.2 Å². The van der Waals surface area contributed by atoms with Gasteiger partial charge in [-0.2, -0.15) is 13.2 Å². The van der Waals surface area contributed by atoms with Gasteiger partial charge in [-0.15, -0.1) is 0 Å². The van der Waals surface area contributed by atoms with Crippen LogP contribution in [0.15, 0.2) is 42.5 Å². The fourth-order valence-corrected chi connectivity index (χ4v) is 2.41. The molecule has 0 aliphatic carbocycles. The van der Waals surface area contributed by atoms with Gasteiger partial charge in [-0.1, -0.05) is 18.2 Å². The van der Waals surface area contributed by atoms with Crippen molar-refractivity contribution in [3.63, 3.8) is 0 Å². The third-order valence-electron chi connectivity index (χ3n) is 3.68. The number of carbonyl (C=O) groups is 1. The summed E-state index contributed by atoms with van der Waals surface area (Å²) in [5.41, 5.74) is 0.182.